The molecule has 0 aromatic heterocycles. The van der Waals surface area contributed by atoms with E-state index in [0.717, 1.165) is 0 Å². The van der Waals surface area contributed by atoms with Gasteiger partial charge in [-0.1, -0.05) is 6.58 Å². The van der Waals surface area contributed by atoms with Crippen LogP contribution in [-0.2, 0) is 4.79 Å². The number of amides is 1. The maximum Gasteiger partial charge on any atom is 0.270 e. The molecule has 2 rings (SSSR count). The number of fused-ring (bicyclic) bond motifs is 1. The number of carbonyl (C=O) groups excluding carboxylic acids is 2. The van der Waals surface area contributed by atoms with Gasteiger partial charge in [-0.05, 0) is 44.5 Å². The van der Waals surface area contributed by atoms with Crippen LogP contribution in [0.5, 0.6) is 5.75 Å². The molecule has 0 N–H and O–H groups in total. The zero-order chi connectivity index (χ0) is 14.4. The number of benzene rings is 1. The van der Waals surface area contributed by atoms with Crippen LogP contribution in [0.1, 0.15) is 31.1 Å². The Kier molecular flexibility index (Phi) is 2.97. The quantitative estimate of drug-likeness (QED) is 0.606. The zero-order valence-electron chi connectivity index (χ0n) is 11.6. The summed E-state index contributed by atoms with van der Waals surface area (Å²) in [5.41, 5.74) is 0.735. The van der Waals surface area contributed by atoms with E-state index in [1.54, 1.807) is 50.9 Å². The van der Waals surface area contributed by atoms with Crippen molar-refractivity contribution in [2.24, 2.45) is 0 Å². The minimum atomic E-state index is -0.924. The summed E-state index contributed by atoms with van der Waals surface area (Å²) in [6.07, 6.45) is 0. The highest BCUT2D eigenvalue weighted by molar-refractivity contribution is 6.09. The van der Waals surface area contributed by atoms with Crippen molar-refractivity contribution in [3.63, 3.8) is 0 Å². The first-order valence-electron chi connectivity index (χ1n) is 6.05. The van der Waals surface area contributed by atoms with Crippen LogP contribution in [0.15, 0.2) is 30.4 Å². The van der Waals surface area contributed by atoms with Gasteiger partial charge in [-0.3, -0.25) is 9.59 Å². The van der Waals surface area contributed by atoms with Crippen molar-refractivity contribution >= 4 is 17.4 Å². The second kappa shape index (κ2) is 4.23. The highest BCUT2D eigenvalue weighted by Crippen LogP contribution is 2.37. The van der Waals surface area contributed by atoms with Gasteiger partial charge in [0.2, 0.25) is 0 Å². The smallest absolute Gasteiger partial charge is 0.270 e. The van der Waals surface area contributed by atoms with Crippen molar-refractivity contribution in [2.45, 2.75) is 26.4 Å². The Hall–Kier alpha value is -2.10. The molecule has 1 aliphatic rings. The first kappa shape index (κ1) is 13.3. The standard InChI is InChI=1S/C15H17NO3/c1-9(2)13(17)10-6-7-11-12(8-10)19-15(3,4)14(18)16(11)5/h6-8H,1H2,2-5H3. The van der Waals surface area contributed by atoms with Gasteiger partial charge in [-0.15, -0.1) is 0 Å². The van der Waals surface area contributed by atoms with E-state index in [4.69, 9.17) is 4.74 Å². The molecule has 1 aromatic rings. The third kappa shape index (κ3) is 2.14. The van der Waals surface area contributed by atoms with Gasteiger partial charge >= 0.3 is 0 Å². The van der Waals surface area contributed by atoms with Gasteiger partial charge in [0.05, 0.1) is 5.69 Å². The first-order chi connectivity index (χ1) is 8.74. The van der Waals surface area contributed by atoms with E-state index in [1.807, 2.05) is 0 Å². The highest BCUT2D eigenvalue weighted by atomic mass is 16.5. The number of nitrogens with zero attached hydrogens (tertiary/aromatic N) is 1. The number of anilines is 1. The number of carbonyl (C=O) groups is 2. The predicted molar refractivity (Wildman–Crippen MR) is 73.7 cm³/mol. The fraction of sp³-hybridized carbons (Fsp3) is 0.333. The average molecular weight is 259 g/mol. The van der Waals surface area contributed by atoms with Crippen LogP contribution in [0.4, 0.5) is 5.69 Å². The number of likely N-dealkylation sites (N-methyl/N-ethyl adjacent to an activating group) is 1. The van der Waals surface area contributed by atoms with Gasteiger partial charge in [0.15, 0.2) is 11.4 Å². The first-order valence-corrected chi connectivity index (χ1v) is 6.05. The number of allylic oxidation sites excluding steroid dienone is 1. The van der Waals surface area contributed by atoms with Crippen LogP contribution in [0.25, 0.3) is 0 Å². The molecule has 1 heterocycles. The van der Waals surface area contributed by atoms with Gasteiger partial charge in [-0.25, -0.2) is 0 Å². The number of rotatable bonds is 2. The lowest BCUT2D eigenvalue weighted by atomic mass is 10.0. The fourth-order valence-corrected chi connectivity index (χ4v) is 2.09. The number of hydrogen-bond acceptors (Lipinski definition) is 3. The molecule has 0 spiro atoms. The summed E-state index contributed by atoms with van der Waals surface area (Å²) in [6.45, 7) is 8.73. The number of Topliss-reactive ketones (excluding diaryl/α,β-unsaturated/α-hetero) is 1. The van der Waals surface area contributed by atoms with Crippen LogP contribution in [0, 0.1) is 0 Å². The molecule has 1 aliphatic heterocycles. The lowest BCUT2D eigenvalue weighted by molar-refractivity contribution is -0.132. The summed E-state index contributed by atoms with van der Waals surface area (Å²) in [7, 11) is 1.70. The van der Waals surface area contributed by atoms with E-state index in [-0.39, 0.29) is 11.7 Å². The average Bonchev–Trinajstić information content (AvgIpc) is 2.34. The molecule has 4 nitrogen and oxygen atoms in total. The number of hydrogen-bond donors (Lipinski definition) is 0. The molecular formula is C15H17NO3. The number of ether oxygens (including phenoxy) is 1. The van der Waals surface area contributed by atoms with Gasteiger partial charge in [0.1, 0.15) is 5.75 Å². The Morgan fingerprint density at radius 1 is 1.37 bits per heavy atom. The molecule has 100 valence electrons. The molecule has 19 heavy (non-hydrogen) atoms. The van der Waals surface area contributed by atoms with E-state index < -0.39 is 5.60 Å². The third-order valence-electron chi connectivity index (χ3n) is 3.16. The van der Waals surface area contributed by atoms with E-state index in [2.05, 4.69) is 6.58 Å². The summed E-state index contributed by atoms with van der Waals surface area (Å²) < 4.78 is 5.70. The molecule has 0 fully saturated rings. The van der Waals surface area contributed by atoms with Crippen LogP contribution < -0.4 is 9.64 Å². The van der Waals surface area contributed by atoms with E-state index in [1.165, 1.54) is 0 Å². The third-order valence-corrected chi connectivity index (χ3v) is 3.16. The Morgan fingerprint density at radius 3 is 2.58 bits per heavy atom. The molecule has 0 aliphatic carbocycles. The summed E-state index contributed by atoms with van der Waals surface area (Å²) in [6, 6.07) is 5.07. The van der Waals surface area contributed by atoms with Crippen molar-refractivity contribution < 1.29 is 14.3 Å². The van der Waals surface area contributed by atoms with Crippen LogP contribution in [-0.4, -0.2) is 24.3 Å². The molecule has 0 bridgehead atoms. The minimum absolute atomic E-state index is 0.112. The maximum absolute atomic E-state index is 12.1. The normalized spacial score (nSPS) is 16.6. The van der Waals surface area contributed by atoms with Crippen molar-refractivity contribution in [2.75, 3.05) is 11.9 Å². The SMILES string of the molecule is C=C(C)C(=O)c1ccc2c(c1)OC(C)(C)C(=O)N2C. The topological polar surface area (TPSA) is 46.6 Å². The predicted octanol–water partition coefficient (Wildman–Crippen LogP) is 2.58. The molecule has 0 atom stereocenters. The molecule has 0 saturated carbocycles. The van der Waals surface area contributed by atoms with Gasteiger partial charge in [0, 0.05) is 12.6 Å². The second-order valence-corrected chi connectivity index (χ2v) is 5.27. The Labute approximate surface area is 112 Å². The molecule has 4 heteroatoms. The Morgan fingerprint density at radius 2 is 2.00 bits per heavy atom. The second-order valence-electron chi connectivity index (χ2n) is 5.27. The maximum atomic E-state index is 12.1. The molecule has 0 unspecified atom stereocenters. The van der Waals surface area contributed by atoms with Crippen molar-refractivity contribution in [3.05, 3.63) is 35.9 Å². The van der Waals surface area contributed by atoms with Gasteiger partial charge in [-0.2, -0.15) is 0 Å². The summed E-state index contributed by atoms with van der Waals surface area (Å²) in [5, 5.41) is 0. The van der Waals surface area contributed by atoms with Crippen LogP contribution >= 0.6 is 0 Å². The summed E-state index contributed by atoms with van der Waals surface area (Å²) in [4.78, 5) is 25.5. The fourth-order valence-electron chi connectivity index (χ4n) is 2.09. The Bertz CT molecular complexity index is 587. The number of ketones is 1. The largest absolute Gasteiger partial charge is 0.476 e. The summed E-state index contributed by atoms with van der Waals surface area (Å²) >= 11 is 0. The molecule has 0 radical (unpaired) electrons. The van der Waals surface area contributed by atoms with Crippen LogP contribution in [0.3, 0.4) is 0 Å². The van der Waals surface area contributed by atoms with E-state index in [9.17, 15) is 9.59 Å². The molecule has 0 saturated heterocycles. The van der Waals surface area contributed by atoms with E-state index >= 15 is 0 Å². The van der Waals surface area contributed by atoms with Crippen LogP contribution in [0.2, 0.25) is 0 Å². The molecule has 1 aromatic carbocycles. The minimum Gasteiger partial charge on any atom is -0.476 e. The molecule has 1 amide bonds. The summed E-state index contributed by atoms with van der Waals surface area (Å²) in [5.74, 6) is 0.307. The molecular weight excluding hydrogens is 242 g/mol. The zero-order valence-corrected chi connectivity index (χ0v) is 11.6. The van der Waals surface area contributed by atoms with Crippen molar-refractivity contribution in [1.82, 2.24) is 0 Å². The Balaban J connectivity index is 2.50. The lowest BCUT2D eigenvalue weighted by Crippen LogP contribution is -2.50. The monoisotopic (exact) mass is 259 g/mol. The van der Waals surface area contributed by atoms with Gasteiger partial charge in [0.25, 0.3) is 5.91 Å². The van der Waals surface area contributed by atoms with E-state index in [0.29, 0.717) is 22.6 Å². The van der Waals surface area contributed by atoms with Crippen molar-refractivity contribution in [3.8, 4) is 5.75 Å². The van der Waals surface area contributed by atoms with Crippen molar-refractivity contribution in [1.29, 1.82) is 0 Å². The lowest BCUT2D eigenvalue weighted by Gasteiger charge is -2.37. The highest BCUT2D eigenvalue weighted by Gasteiger charge is 2.39. The van der Waals surface area contributed by atoms with Gasteiger partial charge < -0.3 is 9.64 Å².